The van der Waals surface area contributed by atoms with E-state index in [9.17, 15) is 9.59 Å². The summed E-state index contributed by atoms with van der Waals surface area (Å²) in [5.74, 6) is -0.901. The van der Waals surface area contributed by atoms with Gasteiger partial charge in [0.05, 0.1) is 5.56 Å². The first kappa shape index (κ1) is 19.4. The third kappa shape index (κ3) is 4.55. The summed E-state index contributed by atoms with van der Waals surface area (Å²) in [5.41, 5.74) is 2.00. The van der Waals surface area contributed by atoms with Crippen molar-refractivity contribution in [3.63, 3.8) is 0 Å². The number of esters is 1. The molecule has 0 saturated carbocycles. The molecule has 4 rings (SSSR count). The molecule has 4 aromatic carbocycles. The zero-order chi connectivity index (χ0) is 20.8. The molecule has 0 fully saturated rings. The molecule has 1 N–H and O–H groups in total. The highest BCUT2D eigenvalue weighted by Crippen LogP contribution is 2.24. The number of hydrogen-bond acceptors (Lipinski definition) is 3. The van der Waals surface area contributed by atoms with Crippen molar-refractivity contribution in [2.75, 3.05) is 0 Å². The molecular formula is C26H21NO3. The van der Waals surface area contributed by atoms with E-state index in [-0.39, 0.29) is 5.91 Å². The van der Waals surface area contributed by atoms with Crippen LogP contribution in [0.3, 0.4) is 0 Å². The Morgan fingerprint density at radius 3 is 2.10 bits per heavy atom. The number of fused-ring (bicyclic) bond motifs is 1. The lowest BCUT2D eigenvalue weighted by atomic mass is 10.0. The van der Waals surface area contributed by atoms with Crippen molar-refractivity contribution in [2.24, 2.45) is 0 Å². The summed E-state index contributed by atoms with van der Waals surface area (Å²) in [6, 6.07) is 31.8. The summed E-state index contributed by atoms with van der Waals surface area (Å²) in [5, 5.41) is 4.92. The summed E-state index contributed by atoms with van der Waals surface area (Å²) in [6.07, 6.45) is -1.05. The van der Waals surface area contributed by atoms with Gasteiger partial charge < -0.3 is 10.1 Å². The zero-order valence-corrected chi connectivity index (χ0v) is 16.3. The summed E-state index contributed by atoms with van der Waals surface area (Å²) >= 11 is 0. The predicted octanol–water partition coefficient (Wildman–Crippen LogP) is 5.05. The molecule has 0 aliphatic carbocycles. The van der Waals surface area contributed by atoms with Crippen LogP contribution < -0.4 is 5.32 Å². The fraction of sp³-hybridized carbons (Fsp3) is 0.0769. The number of hydrogen-bond donors (Lipinski definition) is 1. The van der Waals surface area contributed by atoms with Gasteiger partial charge in [-0.2, -0.15) is 0 Å². The summed E-state index contributed by atoms with van der Waals surface area (Å²) < 4.78 is 5.67. The summed E-state index contributed by atoms with van der Waals surface area (Å²) in [4.78, 5) is 25.7. The molecule has 4 aromatic rings. The van der Waals surface area contributed by atoms with E-state index in [0.717, 1.165) is 16.3 Å². The maximum Gasteiger partial charge on any atom is 0.339 e. The van der Waals surface area contributed by atoms with Gasteiger partial charge in [-0.15, -0.1) is 0 Å². The Kier molecular flexibility index (Phi) is 5.85. The summed E-state index contributed by atoms with van der Waals surface area (Å²) in [6.45, 7) is 0.354. The molecular weight excluding hydrogens is 374 g/mol. The number of ether oxygens (including phenoxy) is 1. The third-order valence-corrected chi connectivity index (χ3v) is 4.86. The highest BCUT2D eigenvalue weighted by molar-refractivity contribution is 5.93. The molecule has 1 amide bonds. The summed E-state index contributed by atoms with van der Waals surface area (Å²) in [7, 11) is 0. The van der Waals surface area contributed by atoms with E-state index in [1.165, 1.54) is 0 Å². The Balaban J connectivity index is 1.60. The second-order valence-corrected chi connectivity index (χ2v) is 6.96. The first-order valence-corrected chi connectivity index (χ1v) is 9.77. The molecule has 0 aliphatic rings. The molecule has 1 unspecified atom stereocenters. The lowest BCUT2D eigenvalue weighted by molar-refractivity contribution is -0.130. The Morgan fingerprint density at radius 1 is 0.733 bits per heavy atom. The van der Waals surface area contributed by atoms with Gasteiger partial charge in [-0.1, -0.05) is 84.9 Å². The van der Waals surface area contributed by atoms with Gasteiger partial charge >= 0.3 is 5.97 Å². The van der Waals surface area contributed by atoms with Gasteiger partial charge in [0.1, 0.15) is 0 Å². The standard InChI is InChI=1S/C26H21NO3/c28-25(27-18-19-9-3-1-4-10-19)24(30-26(29)21-12-5-2-6-13-21)23-16-15-20-11-7-8-14-22(20)17-23/h1-17,24H,18H2,(H,27,28). The van der Waals surface area contributed by atoms with Gasteiger partial charge in [-0.05, 0) is 34.5 Å². The van der Waals surface area contributed by atoms with Crippen LogP contribution in [-0.4, -0.2) is 11.9 Å². The fourth-order valence-electron chi connectivity index (χ4n) is 3.27. The monoisotopic (exact) mass is 395 g/mol. The molecule has 0 radical (unpaired) electrons. The quantitative estimate of drug-likeness (QED) is 0.465. The Morgan fingerprint density at radius 2 is 1.37 bits per heavy atom. The van der Waals surface area contributed by atoms with E-state index in [1.807, 2.05) is 78.9 Å². The molecule has 148 valence electrons. The minimum absolute atomic E-state index is 0.354. The van der Waals surface area contributed by atoms with Gasteiger partial charge in [-0.25, -0.2) is 4.79 Å². The molecule has 0 heterocycles. The van der Waals surface area contributed by atoms with Crippen LogP contribution in [-0.2, 0) is 16.1 Å². The van der Waals surface area contributed by atoms with Crippen molar-refractivity contribution in [3.05, 3.63) is 120 Å². The number of carbonyl (C=O) groups is 2. The zero-order valence-electron chi connectivity index (χ0n) is 16.3. The van der Waals surface area contributed by atoms with Gasteiger partial charge in [0, 0.05) is 12.1 Å². The second kappa shape index (κ2) is 9.05. The first-order chi connectivity index (χ1) is 14.7. The van der Waals surface area contributed by atoms with Crippen molar-refractivity contribution in [3.8, 4) is 0 Å². The molecule has 0 saturated heterocycles. The van der Waals surface area contributed by atoms with E-state index >= 15 is 0 Å². The van der Waals surface area contributed by atoms with E-state index < -0.39 is 12.1 Å². The van der Waals surface area contributed by atoms with Crippen LogP contribution in [0.5, 0.6) is 0 Å². The first-order valence-electron chi connectivity index (χ1n) is 9.77. The second-order valence-electron chi connectivity index (χ2n) is 6.96. The minimum atomic E-state index is -1.05. The lowest BCUT2D eigenvalue weighted by Crippen LogP contribution is -2.31. The molecule has 4 heteroatoms. The molecule has 0 aromatic heterocycles. The topological polar surface area (TPSA) is 55.4 Å². The van der Waals surface area contributed by atoms with Crippen LogP contribution in [0.15, 0.2) is 103 Å². The minimum Gasteiger partial charge on any atom is -0.444 e. The van der Waals surface area contributed by atoms with Crippen molar-refractivity contribution < 1.29 is 14.3 Å². The molecule has 1 atom stereocenters. The van der Waals surface area contributed by atoms with Crippen LogP contribution in [0.1, 0.15) is 27.6 Å². The molecule has 4 nitrogen and oxygen atoms in total. The van der Waals surface area contributed by atoms with Gasteiger partial charge in [-0.3, -0.25) is 4.79 Å². The predicted molar refractivity (Wildman–Crippen MR) is 117 cm³/mol. The Labute approximate surface area is 175 Å². The van der Waals surface area contributed by atoms with E-state index in [1.54, 1.807) is 24.3 Å². The van der Waals surface area contributed by atoms with Crippen LogP contribution in [0.4, 0.5) is 0 Å². The van der Waals surface area contributed by atoms with Crippen molar-refractivity contribution in [2.45, 2.75) is 12.6 Å². The van der Waals surface area contributed by atoms with Crippen LogP contribution in [0.2, 0.25) is 0 Å². The number of rotatable bonds is 6. The average Bonchev–Trinajstić information content (AvgIpc) is 2.81. The van der Waals surface area contributed by atoms with Gasteiger partial charge in [0.2, 0.25) is 6.10 Å². The normalized spacial score (nSPS) is 11.6. The highest BCUT2D eigenvalue weighted by atomic mass is 16.5. The Bertz CT molecular complexity index is 1160. The number of nitrogens with one attached hydrogen (secondary N) is 1. The lowest BCUT2D eigenvalue weighted by Gasteiger charge is -2.19. The molecule has 0 spiro atoms. The van der Waals surface area contributed by atoms with E-state index in [2.05, 4.69) is 5.32 Å². The molecule has 30 heavy (non-hydrogen) atoms. The maximum absolute atomic E-state index is 13.0. The van der Waals surface area contributed by atoms with Crippen LogP contribution >= 0.6 is 0 Å². The van der Waals surface area contributed by atoms with E-state index in [0.29, 0.717) is 17.7 Å². The third-order valence-electron chi connectivity index (χ3n) is 4.86. The van der Waals surface area contributed by atoms with Gasteiger partial charge in [0.15, 0.2) is 0 Å². The maximum atomic E-state index is 13.0. The van der Waals surface area contributed by atoms with E-state index in [4.69, 9.17) is 4.74 Å². The highest BCUT2D eigenvalue weighted by Gasteiger charge is 2.26. The molecule has 0 bridgehead atoms. The van der Waals surface area contributed by atoms with Crippen LogP contribution in [0, 0.1) is 0 Å². The smallest absolute Gasteiger partial charge is 0.339 e. The average molecular weight is 395 g/mol. The SMILES string of the molecule is O=C(OC(C(=O)NCc1ccccc1)c1ccc2ccccc2c1)c1ccccc1. The fourth-order valence-corrected chi connectivity index (χ4v) is 3.27. The van der Waals surface area contributed by atoms with Crippen molar-refractivity contribution in [1.29, 1.82) is 0 Å². The number of benzene rings is 4. The van der Waals surface area contributed by atoms with Gasteiger partial charge in [0.25, 0.3) is 5.91 Å². The van der Waals surface area contributed by atoms with Crippen molar-refractivity contribution in [1.82, 2.24) is 5.32 Å². The number of carbonyl (C=O) groups excluding carboxylic acids is 2. The van der Waals surface area contributed by atoms with Crippen molar-refractivity contribution >= 4 is 22.6 Å². The molecule has 0 aliphatic heterocycles. The van der Waals surface area contributed by atoms with Crippen LogP contribution in [0.25, 0.3) is 10.8 Å². The Hall–Kier alpha value is -3.92. The largest absolute Gasteiger partial charge is 0.444 e. The number of amides is 1.